The molecule has 3 rings (SSSR count). The molecule has 1 amide bonds. The first-order chi connectivity index (χ1) is 15.0. The van der Waals surface area contributed by atoms with Gasteiger partial charge in [0.15, 0.2) is 5.78 Å². The summed E-state index contributed by atoms with van der Waals surface area (Å²) in [6.45, 7) is 3.67. The number of hydrogen-bond donors (Lipinski definition) is 2. The number of ketones is 1. The number of anilines is 1. The summed E-state index contributed by atoms with van der Waals surface area (Å²) in [6, 6.07) is 14.3. The van der Waals surface area contributed by atoms with E-state index >= 15 is 0 Å². The number of carbonyl (C=O) groups is 2. The number of ether oxygens (including phenoxy) is 2. The number of amides is 1. The lowest BCUT2D eigenvalue weighted by Gasteiger charge is -2.32. The zero-order chi connectivity index (χ0) is 22.2. The third kappa shape index (κ3) is 6.54. The molecule has 1 fully saturated rings. The van der Waals surface area contributed by atoms with Crippen molar-refractivity contribution in [1.29, 1.82) is 0 Å². The number of para-hydroxylation sites is 2. The van der Waals surface area contributed by atoms with Gasteiger partial charge in [0.2, 0.25) is 5.91 Å². The minimum atomic E-state index is -0.633. The average Bonchev–Trinajstić information content (AvgIpc) is 2.78. The molecule has 1 aliphatic rings. The number of likely N-dealkylation sites (tertiary alicyclic amines) is 1. The van der Waals surface area contributed by atoms with Gasteiger partial charge in [-0.05, 0) is 69.3 Å². The number of Topliss-reactive ketones (excluding diaryl/α,β-unsaturated/α-hetero) is 1. The van der Waals surface area contributed by atoms with Crippen LogP contribution in [0, 0.1) is 5.92 Å². The van der Waals surface area contributed by atoms with Crippen LogP contribution < -0.4 is 14.8 Å². The van der Waals surface area contributed by atoms with E-state index in [0.29, 0.717) is 29.3 Å². The molecule has 7 heteroatoms. The van der Waals surface area contributed by atoms with Crippen LogP contribution in [0.15, 0.2) is 48.5 Å². The van der Waals surface area contributed by atoms with Crippen molar-refractivity contribution in [3.05, 3.63) is 54.1 Å². The van der Waals surface area contributed by atoms with Gasteiger partial charge in [0.1, 0.15) is 24.2 Å². The Morgan fingerprint density at radius 3 is 2.45 bits per heavy atom. The Labute approximate surface area is 183 Å². The molecule has 1 heterocycles. The second-order valence-corrected chi connectivity index (χ2v) is 7.81. The van der Waals surface area contributed by atoms with Crippen LogP contribution in [0.5, 0.6) is 11.5 Å². The Bertz CT molecular complexity index is 876. The van der Waals surface area contributed by atoms with Gasteiger partial charge in [0.05, 0.1) is 12.8 Å². The lowest BCUT2D eigenvalue weighted by atomic mass is 9.95. The minimum absolute atomic E-state index is 0.00189. The van der Waals surface area contributed by atoms with Crippen molar-refractivity contribution in [1.82, 2.24) is 4.90 Å². The van der Waals surface area contributed by atoms with Crippen LogP contribution in [0.25, 0.3) is 0 Å². The maximum absolute atomic E-state index is 12.6. The standard InChI is InChI=1S/C24H30N2O5/c1-17(27)18-7-9-21(10-8-18)31-16-20(28)15-26-13-11-19(12-14-26)24(29)25-22-5-3-4-6-23(22)30-2/h3-10,19-20,28H,11-16H2,1-2H3,(H,25,29). The molecule has 2 aromatic carbocycles. The highest BCUT2D eigenvalue weighted by atomic mass is 16.5. The van der Waals surface area contributed by atoms with E-state index in [1.165, 1.54) is 6.92 Å². The van der Waals surface area contributed by atoms with E-state index in [2.05, 4.69) is 10.2 Å². The molecule has 7 nitrogen and oxygen atoms in total. The van der Waals surface area contributed by atoms with E-state index in [1.807, 2.05) is 24.3 Å². The van der Waals surface area contributed by atoms with Crippen LogP contribution in [0.3, 0.4) is 0 Å². The largest absolute Gasteiger partial charge is 0.495 e. The first-order valence-electron chi connectivity index (χ1n) is 10.5. The van der Waals surface area contributed by atoms with Gasteiger partial charge in [0, 0.05) is 18.0 Å². The molecule has 2 aromatic rings. The number of nitrogens with one attached hydrogen (secondary N) is 1. The molecule has 2 N–H and O–H groups in total. The second kappa shape index (κ2) is 10.9. The molecule has 1 aliphatic heterocycles. The summed E-state index contributed by atoms with van der Waals surface area (Å²) in [5, 5.41) is 13.3. The Kier molecular flexibility index (Phi) is 8.03. The number of piperidine rings is 1. The smallest absolute Gasteiger partial charge is 0.227 e. The molecule has 0 spiro atoms. The van der Waals surface area contributed by atoms with E-state index in [1.54, 1.807) is 31.4 Å². The van der Waals surface area contributed by atoms with Gasteiger partial charge in [-0.25, -0.2) is 0 Å². The van der Waals surface area contributed by atoms with Crippen LogP contribution in [-0.4, -0.2) is 61.2 Å². The molecule has 0 radical (unpaired) electrons. The Hall–Kier alpha value is -2.90. The molecule has 0 bridgehead atoms. The van der Waals surface area contributed by atoms with Gasteiger partial charge in [-0.3, -0.25) is 9.59 Å². The normalized spacial score (nSPS) is 15.8. The Balaban J connectivity index is 1.40. The van der Waals surface area contributed by atoms with Crippen LogP contribution in [0.4, 0.5) is 5.69 Å². The van der Waals surface area contributed by atoms with Gasteiger partial charge >= 0.3 is 0 Å². The number of nitrogens with zero attached hydrogens (tertiary/aromatic N) is 1. The second-order valence-electron chi connectivity index (χ2n) is 7.81. The Morgan fingerprint density at radius 1 is 1.13 bits per heavy atom. The average molecular weight is 427 g/mol. The van der Waals surface area contributed by atoms with Crippen LogP contribution in [-0.2, 0) is 4.79 Å². The molecule has 31 heavy (non-hydrogen) atoms. The van der Waals surface area contributed by atoms with Crippen molar-refractivity contribution in [2.24, 2.45) is 5.92 Å². The number of aliphatic hydroxyl groups excluding tert-OH is 1. The fraction of sp³-hybridized carbons (Fsp3) is 0.417. The first-order valence-corrected chi connectivity index (χ1v) is 10.5. The number of rotatable bonds is 9. The molecular weight excluding hydrogens is 396 g/mol. The van der Waals surface area contributed by atoms with E-state index < -0.39 is 6.10 Å². The summed E-state index contributed by atoms with van der Waals surface area (Å²) in [5.41, 5.74) is 1.31. The molecule has 166 valence electrons. The Morgan fingerprint density at radius 2 is 1.81 bits per heavy atom. The molecule has 0 aromatic heterocycles. The number of carbonyl (C=O) groups excluding carboxylic acids is 2. The summed E-state index contributed by atoms with van der Waals surface area (Å²) in [7, 11) is 1.58. The van der Waals surface area contributed by atoms with E-state index in [-0.39, 0.29) is 24.2 Å². The number of hydrogen-bond acceptors (Lipinski definition) is 6. The van der Waals surface area contributed by atoms with Crippen LogP contribution in [0.1, 0.15) is 30.1 Å². The maximum atomic E-state index is 12.6. The van der Waals surface area contributed by atoms with Crippen LogP contribution in [0.2, 0.25) is 0 Å². The summed E-state index contributed by atoms with van der Waals surface area (Å²) < 4.78 is 10.9. The van der Waals surface area contributed by atoms with Crippen LogP contribution >= 0.6 is 0 Å². The third-order valence-electron chi connectivity index (χ3n) is 5.50. The number of methoxy groups -OCH3 is 1. The van der Waals surface area contributed by atoms with E-state index in [0.717, 1.165) is 25.9 Å². The predicted molar refractivity (Wildman–Crippen MR) is 119 cm³/mol. The summed E-state index contributed by atoms with van der Waals surface area (Å²) in [5.74, 6) is 1.21. The first kappa shape index (κ1) is 22.8. The van der Waals surface area contributed by atoms with Crippen molar-refractivity contribution in [3.63, 3.8) is 0 Å². The maximum Gasteiger partial charge on any atom is 0.227 e. The molecular formula is C24H30N2O5. The van der Waals surface area contributed by atoms with Crippen molar-refractivity contribution in [2.45, 2.75) is 25.9 Å². The minimum Gasteiger partial charge on any atom is -0.495 e. The monoisotopic (exact) mass is 426 g/mol. The predicted octanol–water partition coefficient (Wildman–Crippen LogP) is 2.99. The highest BCUT2D eigenvalue weighted by molar-refractivity contribution is 5.94. The SMILES string of the molecule is COc1ccccc1NC(=O)C1CCN(CC(O)COc2ccc(C(C)=O)cc2)CC1. The van der Waals surface area contributed by atoms with Gasteiger partial charge in [0.25, 0.3) is 0 Å². The fourth-order valence-electron chi connectivity index (χ4n) is 3.69. The fourth-order valence-corrected chi connectivity index (χ4v) is 3.69. The highest BCUT2D eigenvalue weighted by Gasteiger charge is 2.26. The third-order valence-corrected chi connectivity index (χ3v) is 5.50. The van der Waals surface area contributed by atoms with E-state index in [4.69, 9.17) is 9.47 Å². The number of β-amino-alcohol motifs (C(OH)–C–C–N with tert-alkyl or cyclic N) is 1. The molecule has 0 aliphatic carbocycles. The zero-order valence-electron chi connectivity index (χ0n) is 18.0. The van der Waals surface area contributed by atoms with E-state index in [9.17, 15) is 14.7 Å². The van der Waals surface area contributed by atoms with Crippen molar-refractivity contribution >= 4 is 17.4 Å². The van der Waals surface area contributed by atoms with Crippen molar-refractivity contribution < 1.29 is 24.2 Å². The van der Waals surface area contributed by atoms with Gasteiger partial charge in [-0.2, -0.15) is 0 Å². The van der Waals surface area contributed by atoms with Crippen molar-refractivity contribution in [2.75, 3.05) is 38.7 Å². The van der Waals surface area contributed by atoms with Gasteiger partial charge in [-0.15, -0.1) is 0 Å². The molecule has 0 saturated carbocycles. The number of benzene rings is 2. The lowest BCUT2D eigenvalue weighted by Crippen LogP contribution is -2.42. The highest BCUT2D eigenvalue weighted by Crippen LogP contribution is 2.26. The zero-order valence-corrected chi connectivity index (χ0v) is 18.0. The quantitative estimate of drug-likeness (QED) is 0.600. The molecule has 1 saturated heterocycles. The van der Waals surface area contributed by atoms with Crippen molar-refractivity contribution in [3.8, 4) is 11.5 Å². The topological polar surface area (TPSA) is 88.1 Å². The lowest BCUT2D eigenvalue weighted by molar-refractivity contribution is -0.121. The summed E-state index contributed by atoms with van der Waals surface area (Å²) >= 11 is 0. The number of aliphatic hydroxyl groups is 1. The van der Waals surface area contributed by atoms with Gasteiger partial charge < -0.3 is 24.8 Å². The molecule has 1 unspecified atom stereocenters. The van der Waals surface area contributed by atoms with Gasteiger partial charge in [-0.1, -0.05) is 12.1 Å². The summed E-state index contributed by atoms with van der Waals surface area (Å²) in [4.78, 5) is 26.1. The molecule has 1 atom stereocenters. The summed E-state index contributed by atoms with van der Waals surface area (Å²) in [6.07, 6.45) is 0.841.